The molecule has 0 radical (unpaired) electrons. The van der Waals surface area contributed by atoms with Crippen molar-refractivity contribution in [3.63, 3.8) is 0 Å². The van der Waals surface area contributed by atoms with Gasteiger partial charge in [-0.2, -0.15) is 0 Å². The third kappa shape index (κ3) is 4.85. The normalized spacial score (nSPS) is 26.0. The Morgan fingerprint density at radius 3 is 2.62 bits per heavy atom. The Kier molecular flexibility index (Phi) is 6.13. The van der Waals surface area contributed by atoms with Crippen molar-refractivity contribution in [3.05, 3.63) is 27.0 Å². The number of carboxylic acid groups (broad SMARTS) is 1. The molecule has 2 unspecified atom stereocenters. The maximum atomic E-state index is 12.1. The molecule has 0 bridgehead atoms. The second-order valence-electron chi connectivity index (χ2n) is 6.84. The molecule has 0 aromatic carbocycles. The number of nitrogens with one attached hydrogen (secondary N) is 1. The molecule has 4 atom stereocenters. The van der Waals surface area contributed by atoms with Crippen molar-refractivity contribution in [2.45, 2.75) is 31.0 Å². The number of aliphatic carboxylic acids is 1. The van der Waals surface area contributed by atoms with Crippen LogP contribution in [0, 0.1) is 0 Å². The number of ether oxygens (including phenoxy) is 2. The SMILES string of the molecule is C=P(C)(C)CCC1OC(n2cc(OCC(=O)O)c(=O)[nH]c2=O)[C@H](O)[C@@H]1O. The first-order valence-electron chi connectivity index (χ1n) is 7.88. The number of aromatic nitrogens is 2. The highest BCUT2D eigenvalue weighted by molar-refractivity contribution is 7.72. The van der Waals surface area contributed by atoms with Gasteiger partial charge in [-0.05, 0) is 25.9 Å². The Balaban J connectivity index is 2.25. The zero-order valence-electron chi connectivity index (χ0n) is 14.5. The van der Waals surface area contributed by atoms with Crippen LogP contribution in [0.5, 0.6) is 5.75 Å². The van der Waals surface area contributed by atoms with Gasteiger partial charge in [-0.3, -0.25) is 14.3 Å². The van der Waals surface area contributed by atoms with Crippen molar-refractivity contribution in [1.82, 2.24) is 9.55 Å². The summed E-state index contributed by atoms with van der Waals surface area (Å²) < 4.78 is 11.3. The first-order chi connectivity index (χ1) is 12.0. The summed E-state index contributed by atoms with van der Waals surface area (Å²) in [6.45, 7) is 1.92. The fraction of sp³-hybridized carbons (Fsp3) is 0.600. The van der Waals surface area contributed by atoms with Crippen molar-refractivity contribution in [3.8, 4) is 5.75 Å². The predicted molar refractivity (Wildman–Crippen MR) is 95.8 cm³/mol. The van der Waals surface area contributed by atoms with E-state index >= 15 is 0 Å². The topological polar surface area (TPSA) is 151 Å². The molecule has 1 fully saturated rings. The number of nitrogens with zero attached hydrogens (tertiary/aromatic N) is 1. The summed E-state index contributed by atoms with van der Waals surface area (Å²) in [5.74, 6) is -1.71. The third-order valence-electron chi connectivity index (χ3n) is 3.92. The molecule has 0 amide bonds. The van der Waals surface area contributed by atoms with Crippen LogP contribution in [-0.2, 0) is 9.53 Å². The second-order valence-corrected chi connectivity index (χ2v) is 11.2. The van der Waals surface area contributed by atoms with Gasteiger partial charge in [0.05, 0.1) is 12.3 Å². The van der Waals surface area contributed by atoms with E-state index in [2.05, 4.69) is 6.30 Å². The van der Waals surface area contributed by atoms with Gasteiger partial charge in [0.2, 0.25) is 5.75 Å². The summed E-state index contributed by atoms with van der Waals surface area (Å²) in [6, 6.07) is 0. The van der Waals surface area contributed by atoms with E-state index in [-0.39, 0.29) is 0 Å². The largest absolute Gasteiger partial charge is 0.479 e. The molecule has 1 aliphatic rings. The maximum Gasteiger partial charge on any atom is 0.341 e. The highest BCUT2D eigenvalue weighted by atomic mass is 31.2. The fourth-order valence-electron chi connectivity index (χ4n) is 2.57. The van der Waals surface area contributed by atoms with Gasteiger partial charge in [0, 0.05) is 0 Å². The van der Waals surface area contributed by atoms with Crippen LogP contribution in [0.25, 0.3) is 0 Å². The highest BCUT2D eigenvalue weighted by Crippen LogP contribution is 2.39. The van der Waals surface area contributed by atoms with Gasteiger partial charge in [-0.1, -0.05) is 0 Å². The summed E-state index contributed by atoms with van der Waals surface area (Å²) in [7, 11) is 0. The first-order valence-corrected chi connectivity index (χ1v) is 10.9. The Morgan fingerprint density at radius 1 is 1.38 bits per heavy atom. The van der Waals surface area contributed by atoms with Gasteiger partial charge >= 0.3 is 11.7 Å². The van der Waals surface area contributed by atoms with Crippen LogP contribution in [0.4, 0.5) is 0 Å². The lowest BCUT2D eigenvalue weighted by Crippen LogP contribution is -2.38. The molecule has 2 heterocycles. The van der Waals surface area contributed by atoms with Crippen LogP contribution in [0.2, 0.25) is 0 Å². The van der Waals surface area contributed by atoms with Crippen LogP contribution in [0.15, 0.2) is 15.8 Å². The molecular weight excluding hydrogens is 367 g/mol. The molecule has 1 aliphatic heterocycles. The minimum absolute atomic E-state index is 0.412. The number of hydrogen-bond acceptors (Lipinski definition) is 7. The number of rotatable bonds is 7. The molecule has 1 saturated heterocycles. The molecular formula is C15H23N2O8P. The van der Waals surface area contributed by atoms with E-state index in [1.54, 1.807) is 0 Å². The van der Waals surface area contributed by atoms with Crippen molar-refractivity contribution in [2.75, 3.05) is 26.1 Å². The van der Waals surface area contributed by atoms with Crippen LogP contribution in [-0.4, -0.2) is 81.5 Å². The summed E-state index contributed by atoms with van der Waals surface area (Å²) in [5.41, 5.74) is -1.78. The minimum atomic E-state index is -1.40. The first kappa shape index (κ1) is 20.4. The lowest BCUT2D eigenvalue weighted by Gasteiger charge is -2.19. The number of aliphatic hydroxyl groups excluding tert-OH is 2. The van der Waals surface area contributed by atoms with E-state index in [1.807, 2.05) is 18.3 Å². The molecule has 0 aliphatic carbocycles. The summed E-state index contributed by atoms with van der Waals surface area (Å²) >= 11 is 0. The van der Waals surface area contributed by atoms with Crippen molar-refractivity contribution >= 4 is 19.2 Å². The summed E-state index contributed by atoms with van der Waals surface area (Å²) in [5, 5.41) is 29.1. The molecule has 0 saturated carbocycles. The Bertz CT molecular complexity index is 826. The molecule has 0 spiro atoms. The van der Waals surface area contributed by atoms with Crippen molar-refractivity contribution < 1.29 is 29.6 Å². The third-order valence-corrected chi connectivity index (χ3v) is 5.39. The number of carbonyl (C=O) groups is 1. The van der Waals surface area contributed by atoms with Crippen LogP contribution < -0.4 is 16.0 Å². The molecule has 4 N–H and O–H groups in total. The molecule has 2 rings (SSSR count). The Morgan fingerprint density at radius 2 is 2.04 bits per heavy atom. The molecule has 146 valence electrons. The fourth-order valence-corrected chi connectivity index (χ4v) is 3.53. The van der Waals surface area contributed by atoms with Crippen LogP contribution in [0.3, 0.4) is 0 Å². The van der Waals surface area contributed by atoms with Gasteiger partial charge in [-0.25, -0.2) is 9.59 Å². The summed E-state index contributed by atoms with van der Waals surface area (Å²) in [4.78, 5) is 36.3. The monoisotopic (exact) mass is 390 g/mol. The van der Waals surface area contributed by atoms with Crippen molar-refractivity contribution in [1.29, 1.82) is 0 Å². The number of carboxylic acids is 1. The average molecular weight is 390 g/mol. The number of aromatic amines is 1. The van der Waals surface area contributed by atoms with Gasteiger partial charge in [-0.15, -0.1) is 13.2 Å². The van der Waals surface area contributed by atoms with Crippen LogP contribution in [0.1, 0.15) is 12.6 Å². The Hall–Kier alpha value is -1.87. The molecule has 1 aromatic rings. The maximum absolute atomic E-state index is 12.1. The second kappa shape index (κ2) is 7.79. The lowest BCUT2D eigenvalue weighted by molar-refractivity contribution is -0.139. The number of hydrogen-bond donors (Lipinski definition) is 4. The number of aliphatic hydroxyl groups is 2. The van der Waals surface area contributed by atoms with Crippen LogP contribution >= 0.6 is 6.89 Å². The van der Waals surface area contributed by atoms with E-state index in [4.69, 9.17) is 14.6 Å². The molecule has 11 heteroatoms. The smallest absolute Gasteiger partial charge is 0.341 e. The zero-order valence-corrected chi connectivity index (χ0v) is 15.4. The zero-order chi connectivity index (χ0) is 19.6. The quantitative estimate of drug-likeness (QED) is 0.420. The highest BCUT2D eigenvalue weighted by Gasteiger charge is 2.44. The minimum Gasteiger partial charge on any atom is -0.479 e. The van der Waals surface area contributed by atoms with E-state index in [1.165, 1.54) is 0 Å². The van der Waals surface area contributed by atoms with E-state index in [9.17, 15) is 24.6 Å². The average Bonchev–Trinajstić information content (AvgIpc) is 2.79. The van der Waals surface area contributed by atoms with Gasteiger partial charge in [0.25, 0.3) is 5.56 Å². The summed E-state index contributed by atoms with van der Waals surface area (Å²) in [6.07, 6.45) is 1.67. The van der Waals surface area contributed by atoms with Gasteiger partial charge in [0.15, 0.2) is 12.8 Å². The molecule has 10 nitrogen and oxygen atoms in total. The van der Waals surface area contributed by atoms with Gasteiger partial charge in [0.1, 0.15) is 12.2 Å². The van der Waals surface area contributed by atoms with Gasteiger partial charge < -0.3 is 24.8 Å². The molecule has 1 aromatic heterocycles. The predicted octanol–water partition coefficient (Wildman–Crippen LogP) is -1.28. The van der Waals surface area contributed by atoms with E-state index < -0.39 is 61.0 Å². The van der Waals surface area contributed by atoms with E-state index in [0.717, 1.165) is 16.9 Å². The van der Waals surface area contributed by atoms with Crippen molar-refractivity contribution in [2.24, 2.45) is 0 Å². The van der Waals surface area contributed by atoms with E-state index in [0.29, 0.717) is 6.42 Å². The number of H-pyrrole nitrogens is 1. The standard InChI is InChI=1S/C15H23N2O8P/c1-26(2,3)5-4-8-11(20)12(21)14(25-8)17-6-9(24-7-10(18)19)13(22)16-15(17)23/h6,8,11-12,14,20-21H,1,4-5,7H2,2-3H3,(H,18,19)(H,16,22,23)/t8?,11-,12-,14?/m1/s1. The lowest BCUT2D eigenvalue weighted by atomic mass is 10.1. The Labute approximate surface area is 149 Å². The molecule has 26 heavy (non-hydrogen) atoms.